The van der Waals surface area contributed by atoms with Crippen LogP contribution in [0.3, 0.4) is 0 Å². The summed E-state index contributed by atoms with van der Waals surface area (Å²) >= 11 is 5.96. The second-order valence-electron chi connectivity index (χ2n) is 5.87. The second kappa shape index (κ2) is 7.62. The first-order valence-electron chi connectivity index (χ1n) is 8.51. The molecule has 1 saturated heterocycles. The summed E-state index contributed by atoms with van der Waals surface area (Å²) in [5, 5.41) is 3.09. The van der Waals surface area contributed by atoms with Gasteiger partial charge in [-0.25, -0.2) is 9.69 Å². The summed E-state index contributed by atoms with van der Waals surface area (Å²) in [6, 6.07) is 14.0. The zero-order valence-corrected chi connectivity index (χ0v) is 15.5. The minimum atomic E-state index is -0.483. The highest BCUT2D eigenvalue weighted by molar-refractivity contribution is 6.32. The van der Waals surface area contributed by atoms with Gasteiger partial charge in [0, 0.05) is 23.8 Å². The molecule has 134 valence electrons. The van der Waals surface area contributed by atoms with Gasteiger partial charge in [-0.1, -0.05) is 29.8 Å². The van der Waals surface area contributed by atoms with Gasteiger partial charge in [0.05, 0.1) is 5.69 Å². The topological polar surface area (TPSA) is 52.7 Å². The van der Waals surface area contributed by atoms with Gasteiger partial charge < -0.3 is 10.2 Å². The van der Waals surface area contributed by atoms with Crippen molar-refractivity contribution in [1.29, 1.82) is 0 Å². The molecule has 1 aliphatic rings. The van der Waals surface area contributed by atoms with Gasteiger partial charge in [0.2, 0.25) is 0 Å². The predicted octanol–water partition coefficient (Wildman–Crippen LogP) is 4.28. The lowest BCUT2D eigenvalue weighted by atomic mass is 10.1. The molecular formula is C20H20ClN3O2. The number of nitrogens with zero attached hydrogens (tertiary/aromatic N) is 2. The summed E-state index contributed by atoms with van der Waals surface area (Å²) in [6.45, 7) is 6.08. The molecule has 1 N–H and O–H groups in total. The largest absolute Gasteiger partial charge is 0.372 e. The monoisotopic (exact) mass is 369 g/mol. The molecule has 26 heavy (non-hydrogen) atoms. The van der Waals surface area contributed by atoms with E-state index in [-0.39, 0.29) is 5.70 Å². The van der Waals surface area contributed by atoms with Gasteiger partial charge in [0.15, 0.2) is 0 Å². The van der Waals surface area contributed by atoms with Crippen LogP contribution in [0.25, 0.3) is 6.08 Å². The van der Waals surface area contributed by atoms with Crippen molar-refractivity contribution in [3.8, 4) is 0 Å². The van der Waals surface area contributed by atoms with Crippen LogP contribution in [0.1, 0.15) is 19.4 Å². The first kappa shape index (κ1) is 18.0. The SMILES string of the molecule is CCN(CC)c1ccc(/C=C2\NC(=O)N(c3cccc(Cl)c3)C2=O)cc1. The molecule has 6 heteroatoms. The highest BCUT2D eigenvalue weighted by Crippen LogP contribution is 2.25. The molecule has 1 aliphatic heterocycles. The van der Waals surface area contributed by atoms with E-state index in [0.717, 1.165) is 29.2 Å². The third-order valence-electron chi connectivity index (χ3n) is 4.28. The highest BCUT2D eigenvalue weighted by atomic mass is 35.5. The van der Waals surface area contributed by atoms with E-state index in [9.17, 15) is 9.59 Å². The number of carbonyl (C=O) groups excluding carboxylic acids is 2. The molecule has 0 saturated carbocycles. The molecule has 1 heterocycles. The molecule has 3 amide bonds. The van der Waals surface area contributed by atoms with Crippen LogP contribution in [0.15, 0.2) is 54.2 Å². The van der Waals surface area contributed by atoms with Crippen molar-refractivity contribution in [2.45, 2.75) is 13.8 Å². The number of anilines is 2. The molecule has 0 unspecified atom stereocenters. The van der Waals surface area contributed by atoms with Crippen molar-refractivity contribution in [3.05, 3.63) is 64.8 Å². The number of imide groups is 1. The standard InChI is InChI=1S/C20H20ClN3O2/c1-3-23(4-2)16-10-8-14(9-11-16)12-18-19(25)24(20(26)22-18)17-7-5-6-15(21)13-17/h5-13H,3-4H2,1-2H3,(H,22,26)/b18-12-. The van der Waals surface area contributed by atoms with Crippen molar-refractivity contribution < 1.29 is 9.59 Å². The predicted molar refractivity (Wildman–Crippen MR) is 105 cm³/mol. The van der Waals surface area contributed by atoms with Gasteiger partial charge in [-0.3, -0.25) is 4.79 Å². The Morgan fingerprint density at radius 2 is 1.77 bits per heavy atom. The Kier molecular flexibility index (Phi) is 5.28. The summed E-state index contributed by atoms with van der Waals surface area (Å²) in [4.78, 5) is 28.2. The Morgan fingerprint density at radius 3 is 2.38 bits per heavy atom. The molecule has 3 rings (SSSR count). The first-order valence-corrected chi connectivity index (χ1v) is 8.89. The zero-order valence-electron chi connectivity index (χ0n) is 14.7. The summed E-state index contributed by atoms with van der Waals surface area (Å²) in [5.74, 6) is -0.398. The number of benzene rings is 2. The lowest BCUT2D eigenvalue weighted by molar-refractivity contribution is -0.113. The van der Waals surface area contributed by atoms with Crippen molar-refractivity contribution in [3.63, 3.8) is 0 Å². The van der Waals surface area contributed by atoms with Gasteiger partial charge in [-0.2, -0.15) is 0 Å². The molecule has 2 aromatic rings. The summed E-state index contributed by atoms with van der Waals surface area (Å²) in [5.41, 5.74) is 2.66. The molecular weight excluding hydrogens is 350 g/mol. The van der Waals surface area contributed by atoms with E-state index in [4.69, 9.17) is 11.6 Å². The number of halogens is 1. The van der Waals surface area contributed by atoms with Crippen LogP contribution in [-0.2, 0) is 4.79 Å². The minimum absolute atomic E-state index is 0.241. The van der Waals surface area contributed by atoms with Gasteiger partial charge in [0.25, 0.3) is 5.91 Å². The second-order valence-corrected chi connectivity index (χ2v) is 6.31. The maximum absolute atomic E-state index is 12.6. The average Bonchev–Trinajstić information content (AvgIpc) is 2.91. The van der Waals surface area contributed by atoms with E-state index in [1.165, 1.54) is 0 Å². The van der Waals surface area contributed by atoms with Crippen LogP contribution in [0.4, 0.5) is 16.2 Å². The fourth-order valence-corrected chi connectivity index (χ4v) is 3.11. The molecule has 0 aliphatic carbocycles. The maximum atomic E-state index is 12.6. The Hall–Kier alpha value is -2.79. The third kappa shape index (κ3) is 3.58. The number of amides is 3. The quantitative estimate of drug-likeness (QED) is 0.632. The fourth-order valence-electron chi connectivity index (χ4n) is 2.92. The number of nitrogens with one attached hydrogen (secondary N) is 1. The Balaban J connectivity index is 1.84. The van der Waals surface area contributed by atoms with Crippen LogP contribution in [0.2, 0.25) is 5.02 Å². The summed E-state index contributed by atoms with van der Waals surface area (Å²) < 4.78 is 0. The van der Waals surface area contributed by atoms with Crippen molar-refractivity contribution in [2.24, 2.45) is 0 Å². The molecule has 0 atom stereocenters. The van der Waals surface area contributed by atoms with Crippen molar-refractivity contribution >= 4 is 41.0 Å². The maximum Gasteiger partial charge on any atom is 0.333 e. The molecule has 0 spiro atoms. The summed E-state index contributed by atoms with van der Waals surface area (Å²) in [6.07, 6.45) is 1.68. The van der Waals surface area contributed by atoms with Gasteiger partial charge in [0.1, 0.15) is 5.70 Å². The van der Waals surface area contributed by atoms with Crippen LogP contribution in [0.5, 0.6) is 0 Å². The van der Waals surface area contributed by atoms with E-state index in [2.05, 4.69) is 24.1 Å². The van der Waals surface area contributed by atoms with Crippen molar-refractivity contribution in [1.82, 2.24) is 5.32 Å². The normalized spacial score (nSPS) is 15.5. The Bertz CT molecular complexity index is 858. The lowest BCUT2D eigenvalue weighted by Gasteiger charge is -2.20. The van der Waals surface area contributed by atoms with Crippen LogP contribution < -0.4 is 15.1 Å². The van der Waals surface area contributed by atoms with Gasteiger partial charge >= 0.3 is 6.03 Å². The molecule has 2 aromatic carbocycles. The molecule has 0 bridgehead atoms. The Morgan fingerprint density at radius 1 is 1.08 bits per heavy atom. The van der Waals surface area contributed by atoms with Crippen LogP contribution in [0, 0.1) is 0 Å². The lowest BCUT2D eigenvalue weighted by Crippen LogP contribution is -2.30. The smallest absolute Gasteiger partial charge is 0.333 e. The molecule has 1 fully saturated rings. The zero-order chi connectivity index (χ0) is 18.7. The number of hydrogen-bond donors (Lipinski definition) is 1. The third-order valence-corrected chi connectivity index (χ3v) is 4.51. The number of rotatable bonds is 5. The fraction of sp³-hybridized carbons (Fsp3) is 0.200. The minimum Gasteiger partial charge on any atom is -0.372 e. The summed E-state index contributed by atoms with van der Waals surface area (Å²) in [7, 11) is 0. The highest BCUT2D eigenvalue weighted by Gasteiger charge is 2.34. The molecule has 5 nitrogen and oxygen atoms in total. The van der Waals surface area contributed by atoms with Crippen LogP contribution >= 0.6 is 11.6 Å². The number of hydrogen-bond acceptors (Lipinski definition) is 3. The van der Waals surface area contributed by atoms with E-state index in [1.807, 2.05) is 24.3 Å². The van der Waals surface area contributed by atoms with E-state index in [1.54, 1.807) is 30.3 Å². The molecule has 0 aromatic heterocycles. The Labute approximate surface area is 157 Å². The molecule has 0 radical (unpaired) electrons. The van der Waals surface area contributed by atoms with Gasteiger partial charge in [-0.15, -0.1) is 0 Å². The van der Waals surface area contributed by atoms with Crippen molar-refractivity contribution in [2.75, 3.05) is 22.9 Å². The van der Waals surface area contributed by atoms with E-state index in [0.29, 0.717) is 10.7 Å². The first-order chi connectivity index (χ1) is 12.5. The number of urea groups is 1. The van der Waals surface area contributed by atoms with Crippen LogP contribution in [-0.4, -0.2) is 25.0 Å². The van der Waals surface area contributed by atoms with Gasteiger partial charge in [-0.05, 0) is 55.8 Å². The average molecular weight is 370 g/mol. The number of carbonyl (C=O) groups is 2. The van der Waals surface area contributed by atoms with E-state index >= 15 is 0 Å². The van der Waals surface area contributed by atoms with E-state index < -0.39 is 11.9 Å².